The van der Waals surface area contributed by atoms with Crippen molar-refractivity contribution in [2.24, 2.45) is 0 Å². The zero-order valence-electron chi connectivity index (χ0n) is 13.9. The predicted octanol–water partition coefficient (Wildman–Crippen LogP) is 5.27. The minimum absolute atomic E-state index is 0.434. The second-order valence-electron chi connectivity index (χ2n) is 6.04. The molecule has 1 nitrogen and oxygen atoms in total. The molecule has 2 rings (SSSR count). The second-order valence-corrected chi connectivity index (χ2v) is 7.36. The first-order valence-corrected chi connectivity index (χ1v) is 8.69. The van der Waals surface area contributed by atoms with E-state index in [1.807, 2.05) is 11.3 Å². The average molecular weight is 301 g/mol. The fourth-order valence-electron chi connectivity index (χ4n) is 2.97. The molecule has 1 aromatic carbocycles. The Balaban J connectivity index is 2.27. The maximum Gasteiger partial charge on any atom is 0.0455 e. The van der Waals surface area contributed by atoms with E-state index in [0.29, 0.717) is 6.04 Å². The van der Waals surface area contributed by atoms with Gasteiger partial charge in [0.1, 0.15) is 0 Å². The van der Waals surface area contributed by atoms with Crippen LogP contribution in [0.15, 0.2) is 24.3 Å². The minimum Gasteiger partial charge on any atom is -0.309 e. The van der Waals surface area contributed by atoms with Crippen molar-refractivity contribution in [3.63, 3.8) is 0 Å². The summed E-state index contributed by atoms with van der Waals surface area (Å²) in [4.78, 5) is 2.85. The van der Waals surface area contributed by atoms with E-state index in [1.165, 1.54) is 38.4 Å². The molecule has 1 atom stereocenters. The number of rotatable bonds is 6. The molecule has 0 fully saturated rings. The van der Waals surface area contributed by atoms with Gasteiger partial charge in [0.15, 0.2) is 0 Å². The Morgan fingerprint density at radius 3 is 2.24 bits per heavy atom. The zero-order chi connectivity index (χ0) is 15.4. The quantitative estimate of drug-likeness (QED) is 0.767. The molecule has 1 unspecified atom stereocenters. The highest BCUT2D eigenvalue weighted by molar-refractivity contribution is 7.12. The smallest absolute Gasteiger partial charge is 0.0455 e. The lowest BCUT2D eigenvalue weighted by atomic mass is 9.94. The molecule has 0 amide bonds. The van der Waals surface area contributed by atoms with Gasteiger partial charge in [0.25, 0.3) is 0 Å². The van der Waals surface area contributed by atoms with E-state index < -0.39 is 0 Å². The third kappa shape index (κ3) is 4.18. The fourth-order valence-corrected chi connectivity index (χ4v) is 3.92. The highest BCUT2D eigenvalue weighted by Crippen LogP contribution is 2.28. The first-order chi connectivity index (χ1) is 10.0. The van der Waals surface area contributed by atoms with E-state index in [9.17, 15) is 0 Å². The Bertz CT molecular complexity index is 574. The number of hydrogen-bond donors (Lipinski definition) is 1. The van der Waals surface area contributed by atoms with Crippen LogP contribution in [-0.2, 0) is 6.42 Å². The molecule has 0 bridgehead atoms. The van der Waals surface area contributed by atoms with Gasteiger partial charge in [-0.25, -0.2) is 0 Å². The van der Waals surface area contributed by atoms with Crippen LogP contribution in [0.4, 0.5) is 0 Å². The summed E-state index contributed by atoms with van der Waals surface area (Å²) >= 11 is 1.92. The zero-order valence-corrected chi connectivity index (χ0v) is 14.7. The molecule has 0 aliphatic carbocycles. The van der Waals surface area contributed by atoms with Gasteiger partial charge in [-0.05, 0) is 75.9 Å². The number of aryl methyl sites for hydroxylation is 4. The van der Waals surface area contributed by atoms with Crippen LogP contribution in [0, 0.1) is 27.7 Å². The van der Waals surface area contributed by atoms with Crippen molar-refractivity contribution in [1.29, 1.82) is 0 Å². The van der Waals surface area contributed by atoms with Gasteiger partial charge in [-0.2, -0.15) is 0 Å². The summed E-state index contributed by atoms with van der Waals surface area (Å²) in [6, 6.07) is 9.56. The summed E-state index contributed by atoms with van der Waals surface area (Å²) in [5, 5.41) is 3.73. The molecular formula is C19H27NS. The van der Waals surface area contributed by atoms with Gasteiger partial charge >= 0.3 is 0 Å². The fraction of sp³-hybridized carbons (Fsp3) is 0.474. The van der Waals surface area contributed by atoms with E-state index in [4.69, 9.17) is 0 Å². The Morgan fingerprint density at radius 1 is 1.05 bits per heavy atom. The van der Waals surface area contributed by atoms with E-state index in [0.717, 1.165) is 13.0 Å². The summed E-state index contributed by atoms with van der Waals surface area (Å²) in [6.07, 6.45) is 2.25. The van der Waals surface area contributed by atoms with Crippen molar-refractivity contribution in [2.75, 3.05) is 6.54 Å². The summed E-state index contributed by atoms with van der Waals surface area (Å²) in [7, 11) is 0. The number of thiophene rings is 1. The van der Waals surface area contributed by atoms with Crippen molar-refractivity contribution in [2.45, 2.75) is 53.5 Å². The standard InChI is InChI=1S/C19H27NS/c1-6-9-20-18(19-8-7-16(5)21-19)12-17-14(3)10-13(2)11-15(17)4/h7-8,10-11,18,20H,6,9,12H2,1-5H3. The van der Waals surface area contributed by atoms with Gasteiger partial charge in [0.2, 0.25) is 0 Å². The van der Waals surface area contributed by atoms with Gasteiger partial charge < -0.3 is 5.32 Å². The molecule has 0 aliphatic rings. The normalized spacial score (nSPS) is 12.6. The molecule has 2 heteroatoms. The van der Waals surface area contributed by atoms with Crippen molar-refractivity contribution in [3.8, 4) is 0 Å². The van der Waals surface area contributed by atoms with Gasteiger partial charge in [0, 0.05) is 15.8 Å². The van der Waals surface area contributed by atoms with Gasteiger partial charge in [-0.3, -0.25) is 0 Å². The first-order valence-electron chi connectivity index (χ1n) is 7.87. The molecule has 0 spiro atoms. The molecule has 1 N–H and O–H groups in total. The highest BCUT2D eigenvalue weighted by Gasteiger charge is 2.16. The monoisotopic (exact) mass is 301 g/mol. The average Bonchev–Trinajstić information content (AvgIpc) is 2.83. The topological polar surface area (TPSA) is 12.0 Å². The number of hydrogen-bond acceptors (Lipinski definition) is 2. The van der Waals surface area contributed by atoms with Gasteiger partial charge in [-0.15, -0.1) is 11.3 Å². The maximum atomic E-state index is 3.73. The summed E-state index contributed by atoms with van der Waals surface area (Å²) in [6.45, 7) is 12.2. The van der Waals surface area contributed by atoms with Crippen LogP contribution in [0.5, 0.6) is 0 Å². The predicted molar refractivity (Wildman–Crippen MR) is 94.4 cm³/mol. The molecule has 1 aromatic heterocycles. The van der Waals surface area contributed by atoms with Crippen LogP contribution < -0.4 is 5.32 Å². The van der Waals surface area contributed by atoms with Crippen LogP contribution in [0.2, 0.25) is 0 Å². The second kappa shape index (κ2) is 7.24. The third-order valence-corrected chi connectivity index (χ3v) is 5.11. The maximum absolute atomic E-state index is 3.73. The molecule has 114 valence electrons. The largest absolute Gasteiger partial charge is 0.309 e. The van der Waals surface area contributed by atoms with Gasteiger partial charge in [-0.1, -0.05) is 24.6 Å². The first kappa shape index (κ1) is 16.3. The Morgan fingerprint density at radius 2 is 1.71 bits per heavy atom. The van der Waals surface area contributed by atoms with E-state index in [-0.39, 0.29) is 0 Å². The van der Waals surface area contributed by atoms with Crippen molar-refractivity contribution >= 4 is 11.3 Å². The lowest BCUT2D eigenvalue weighted by molar-refractivity contribution is 0.534. The summed E-state index contributed by atoms with van der Waals surface area (Å²) in [5.41, 5.74) is 5.70. The minimum atomic E-state index is 0.434. The van der Waals surface area contributed by atoms with Crippen molar-refractivity contribution in [3.05, 3.63) is 56.3 Å². The molecular weight excluding hydrogens is 274 g/mol. The van der Waals surface area contributed by atoms with Crippen LogP contribution >= 0.6 is 11.3 Å². The molecule has 0 radical (unpaired) electrons. The molecule has 21 heavy (non-hydrogen) atoms. The molecule has 0 saturated carbocycles. The van der Waals surface area contributed by atoms with Crippen LogP contribution in [0.1, 0.15) is 51.4 Å². The number of nitrogens with one attached hydrogen (secondary N) is 1. The molecule has 1 heterocycles. The van der Waals surface area contributed by atoms with Crippen LogP contribution in [0.3, 0.4) is 0 Å². The van der Waals surface area contributed by atoms with Crippen molar-refractivity contribution in [1.82, 2.24) is 5.32 Å². The lowest BCUT2D eigenvalue weighted by Crippen LogP contribution is -2.24. The SMILES string of the molecule is CCCNC(Cc1c(C)cc(C)cc1C)c1ccc(C)s1. The molecule has 2 aromatic rings. The lowest BCUT2D eigenvalue weighted by Gasteiger charge is -2.20. The van der Waals surface area contributed by atoms with Crippen LogP contribution in [-0.4, -0.2) is 6.54 Å². The Hall–Kier alpha value is -1.12. The van der Waals surface area contributed by atoms with Crippen molar-refractivity contribution < 1.29 is 0 Å². The molecule has 0 saturated heterocycles. The van der Waals surface area contributed by atoms with Gasteiger partial charge in [0.05, 0.1) is 0 Å². The summed E-state index contributed by atoms with van der Waals surface area (Å²) < 4.78 is 0. The third-order valence-electron chi connectivity index (χ3n) is 3.99. The highest BCUT2D eigenvalue weighted by atomic mass is 32.1. The number of benzene rings is 1. The Labute approximate surface area is 133 Å². The van der Waals surface area contributed by atoms with E-state index >= 15 is 0 Å². The summed E-state index contributed by atoms with van der Waals surface area (Å²) in [5.74, 6) is 0. The van der Waals surface area contributed by atoms with Crippen LogP contribution in [0.25, 0.3) is 0 Å². The van der Waals surface area contributed by atoms with E-state index in [1.54, 1.807) is 0 Å². The van der Waals surface area contributed by atoms with E-state index in [2.05, 4.69) is 64.2 Å². The Kier molecular flexibility index (Phi) is 5.60. The molecule has 0 aliphatic heterocycles.